The molecule has 5 nitrogen and oxygen atoms in total. The van der Waals surface area contributed by atoms with Crippen LogP contribution >= 0.6 is 0 Å². The lowest BCUT2D eigenvalue weighted by molar-refractivity contribution is 0.0999. The molecule has 3 rings (SSSR count). The lowest BCUT2D eigenvalue weighted by Gasteiger charge is -2.04. The highest BCUT2D eigenvalue weighted by Crippen LogP contribution is 2.17. The molecule has 0 radical (unpaired) electrons. The van der Waals surface area contributed by atoms with Gasteiger partial charge in [0.1, 0.15) is 5.82 Å². The number of halogens is 1. The highest BCUT2D eigenvalue weighted by molar-refractivity contribution is 5.94. The van der Waals surface area contributed by atoms with Gasteiger partial charge in [0.2, 0.25) is 17.6 Å². The van der Waals surface area contributed by atoms with Crippen molar-refractivity contribution in [1.29, 1.82) is 0 Å². The molecule has 0 atom stereocenters. The summed E-state index contributed by atoms with van der Waals surface area (Å²) < 4.78 is 18.1. The van der Waals surface area contributed by atoms with Gasteiger partial charge in [-0.3, -0.25) is 4.79 Å². The molecule has 0 aliphatic heterocycles. The van der Waals surface area contributed by atoms with Crippen LogP contribution in [0.15, 0.2) is 53.1 Å². The average Bonchev–Trinajstić information content (AvgIpc) is 3.05. The number of benzene rings is 2. The maximum absolute atomic E-state index is 12.9. The Morgan fingerprint density at radius 3 is 2.58 bits per heavy atom. The van der Waals surface area contributed by atoms with Crippen molar-refractivity contribution in [3.8, 4) is 11.4 Å². The summed E-state index contributed by atoms with van der Waals surface area (Å²) >= 11 is 0. The Morgan fingerprint density at radius 1 is 1.08 bits per heavy atom. The Morgan fingerprint density at radius 2 is 1.83 bits per heavy atom. The minimum atomic E-state index is -0.429. The number of hydrogen-bond acceptors (Lipinski definition) is 4. The van der Waals surface area contributed by atoms with Crippen LogP contribution in [0, 0.1) is 5.82 Å². The molecule has 0 saturated carbocycles. The molecule has 1 amide bonds. The van der Waals surface area contributed by atoms with Gasteiger partial charge in [-0.1, -0.05) is 23.4 Å². The fourth-order valence-corrected chi connectivity index (χ4v) is 2.48. The van der Waals surface area contributed by atoms with E-state index in [9.17, 15) is 9.18 Å². The number of rotatable bonds is 6. The number of primary amides is 1. The average molecular weight is 325 g/mol. The molecule has 1 aromatic heterocycles. The van der Waals surface area contributed by atoms with Gasteiger partial charge in [-0.15, -0.1) is 0 Å². The largest absolute Gasteiger partial charge is 0.366 e. The molecule has 0 fully saturated rings. The monoisotopic (exact) mass is 325 g/mol. The van der Waals surface area contributed by atoms with Crippen LogP contribution in [0.4, 0.5) is 4.39 Å². The van der Waals surface area contributed by atoms with E-state index in [4.69, 9.17) is 10.3 Å². The van der Waals surface area contributed by atoms with E-state index in [1.165, 1.54) is 12.1 Å². The molecule has 0 spiro atoms. The predicted molar refractivity (Wildman–Crippen MR) is 86.7 cm³/mol. The van der Waals surface area contributed by atoms with Gasteiger partial charge >= 0.3 is 0 Å². The number of aryl methyl sites for hydroxylation is 2. The molecule has 0 saturated heterocycles. The lowest BCUT2D eigenvalue weighted by Crippen LogP contribution is -2.13. The summed E-state index contributed by atoms with van der Waals surface area (Å²) in [5.74, 6) is 0.200. The Kier molecular flexibility index (Phi) is 4.65. The fraction of sp³-hybridized carbons (Fsp3) is 0.167. The zero-order valence-corrected chi connectivity index (χ0v) is 12.9. The normalized spacial score (nSPS) is 10.7. The second kappa shape index (κ2) is 7.04. The van der Waals surface area contributed by atoms with E-state index in [0.717, 1.165) is 12.0 Å². The topological polar surface area (TPSA) is 82.0 Å². The molecular weight excluding hydrogens is 309 g/mol. The number of aromatic nitrogens is 2. The summed E-state index contributed by atoms with van der Waals surface area (Å²) in [7, 11) is 0. The summed E-state index contributed by atoms with van der Waals surface area (Å²) in [6, 6.07) is 13.2. The third-order valence-electron chi connectivity index (χ3n) is 3.69. The molecule has 2 N–H and O–H groups in total. The molecule has 0 aliphatic rings. The number of nitrogens with zero attached hydrogens (tertiary/aromatic N) is 2. The van der Waals surface area contributed by atoms with Crippen molar-refractivity contribution in [2.24, 2.45) is 5.73 Å². The van der Waals surface area contributed by atoms with Crippen molar-refractivity contribution in [3.05, 3.63) is 71.4 Å². The van der Waals surface area contributed by atoms with E-state index in [-0.39, 0.29) is 5.82 Å². The Hall–Kier alpha value is -3.02. The maximum Gasteiger partial charge on any atom is 0.248 e. The molecule has 0 aliphatic carbocycles. The van der Waals surface area contributed by atoms with Gasteiger partial charge in [0.25, 0.3) is 0 Å². The Balaban J connectivity index is 1.62. The summed E-state index contributed by atoms with van der Waals surface area (Å²) in [5.41, 5.74) is 7.51. The van der Waals surface area contributed by atoms with Crippen molar-refractivity contribution in [2.45, 2.75) is 19.3 Å². The molecule has 2 aromatic carbocycles. The van der Waals surface area contributed by atoms with Gasteiger partial charge in [0, 0.05) is 17.5 Å². The van der Waals surface area contributed by atoms with Gasteiger partial charge < -0.3 is 10.3 Å². The predicted octanol–water partition coefficient (Wildman–Crippen LogP) is 3.15. The number of hydrogen-bond donors (Lipinski definition) is 1. The first-order chi connectivity index (χ1) is 11.6. The minimum Gasteiger partial charge on any atom is -0.366 e. The van der Waals surface area contributed by atoms with Gasteiger partial charge in [-0.05, 0) is 48.7 Å². The third-order valence-corrected chi connectivity index (χ3v) is 3.69. The van der Waals surface area contributed by atoms with E-state index in [1.54, 1.807) is 24.3 Å². The summed E-state index contributed by atoms with van der Waals surface area (Å²) in [6.07, 6.45) is 2.02. The standard InChI is InChI=1S/C18H16FN3O2/c19-14-10-8-13(9-11-14)18-21-16(24-22-18)7-3-5-12-4-1-2-6-15(12)17(20)23/h1-2,4,6,8-11H,3,5,7H2,(H2,20,23). The third kappa shape index (κ3) is 3.65. The van der Waals surface area contributed by atoms with Crippen molar-refractivity contribution in [3.63, 3.8) is 0 Å². The SMILES string of the molecule is NC(=O)c1ccccc1CCCc1nc(-c2ccc(F)cc2)no1. The van der Waals surface area contributed by atoms with Crippen LogP contribution in [-0.4, -0.2) is 16.0 Å². The maximum atomic E-state index is 12.9. The van der Waals surface area contributed by atoms with Crippen LogP contribution in [0.5, 0.6) is 0 Å². The first-order valence-corrected chi connectivity index (χ1v) is 7.60. The molecule has 0 bridgehead atoms. The van der Waals surface area contributed by atoms with Crippen LogP contribution < -0.4 is 5.73 Å². The second-order valence-electron chi connectivity index (χ2n) is 5.39. The summed E-state index contributed by atoms with van der Waals surface area (Å²) in [4.78, 5) is 15.7. The highest BCUT2D eigenvalue weighted by atomic mass is 19.1. The van der Waals surface area contributed by atoms with E-state index in [1.807, 2.05) is 12.1 Å². The lowest BCUT2D eigenvalue weighted by atomic mass is 10.0. The second-order valence-corrected chi connectivity index (χ2v) is 5.39. The molecular formula is C18H16FN3O2. The molecule has 3 aromatic rings. The number of nitrogens with two attached hydrogens (primary N) is 1. The molecule has 0 unspecified atom stereocenters. The smallest absolute Gasteiger partial charge is 0.248 e. The van der Waals surface area contributed by atoms with Crippen LogP contribution in [0.3, 0.4) is 0 Å². The Bertz CT molecular complexity index is 843. The van der Waals surface area contributed by atoms with Gasteiger partial charge in [-0.2, -0.15) is 4.98 Å². The van der Waals surface area contributed by atoms with Crippen molar-refractivity contribution < 1.29 is 13.7 Å². The van der Waals surface area contributed by atoms with Gasteiger partial charge in [-0.25, -0.2) is 4.39 Å². The van der Waals surface area contributed by atoms with Crippen LogP contribution in [0.2, 0.25) is 0 Å². The van der Waals surface area contributed by atoms with Gasteiger partial charge in [0.15, 0.2) is 0 Å². The summed E-state index contributed by atoms with van der Waals surface area (Å²) in [5, 5.41) is 3.90. The van der Waals surface area contributed by atoms with Crippen LogP contribution in [-0.2, 0) is 12.8 Å². The molecule has 24 heavy (non-hydrogen) atoms. The van der Waals surface area contributed by atoms with E-state index >= 15 is 0 Å². The van der Waals surface area contributed by atoms with Crippen molar-refractivity contribution >= 4 is 5.91 Å². The van der Waals surface area contributed by atoms with E-state index < -0.39 is 5.91 Å². The first-order valence-electron chi connectivity index (χ1n) is 7.60. The van der Waals surface area contributed by atoms with E-state index in [0.29, 0.717) is 35.7 Å². The number of carbonyl (C=O) groups excluding carboxylic acids is 1. The van der Waals surface area contributed by atoms with E-state index in [2.05, 4.69) is 10.1 Å². The zero-order chi connectivity index (χ0) is 16.9. The summed E-state index contributed by atoms with van der Waals surface area (Å²) in [6.45, 7) is 0. The van der Waals surface area contributed by atoms with Crippen molar-refractivity contribution in [2.75, 3.05) is 0 Å². The van der Waals surface area contributed by atoms with Crippen LogP contribution in [0.1, 0.15) is 28.2 Å². The van der Waals surface area contributed by atoms with Gasteiger partial charge in [0.05, 0.1) is 0 Å². The molecule has 6 heteroatoms. The molecule has 1 heterocycles. The number of carbonyl (C=O) groups is 1. The quantitative estimate of drug-likeness (QED) is 0.755. The zero-order valence-electron chi connectivity index (χ0n) is 12.9. The minimum absolute atomic E-state index is 0.310. The van der Waals surface area contributed by atoms with Crippen LogP contribution in [0.25, 0.3) is 11.4 Å². The first kappa shape index (κ1) is 15.9. The van der Waals surface area contributed by atoms with Crippen molar-refractivity contribution in [1.82, 2.24) is 10.1 Å². The highest BCUT2D eigenvalue weighted by Gasteiger charge is 2.10. The number of amides is 1. The Labute approximate surface area is 138 Å². The molecule has 122 valence electrons. The fourth-order valence-electron chi connectivity index (χ4n) is 2.48.